The zero-order valence-electron chi connectivity index (χ0n) is 9.16. The summed E-state index contributed by atoms with van der Waals surface area (Å²) >= 11 is 0. The van der Waals surface area contributed by atoms with Gasteiger partial charge in [-0.15, -0.1) is 0 Å². The summed E-state index contributed by atoms with van der Waals surface area (Å²) in [5.74, 6) is 0.443. The Balaban J connectivity index is 3.51. The average Bonchev–Trinajstić information content (AvgIpc) is 2.20. The third-order valence-electron chi connectivity index (χ3n) is 1.95. The van der Waals surface area contributed by atoms with Crippen LogP contribution in [0.4, 0.5) is 0 Å². The van der Waals surface area contributed by atoms with E-state index in [1.165, 1.54) is 0 Å². The Bertz CT molecular complexity index is 206. The van der Waals surface area contributed by atoms with Crippen LogP contribution < -0.4 is 16.4 Å². The molecule has 0 atom stereocenters. The predicted molar refractivity (Wildman–Crippen MR) is 59.7 cm³/mol. The maximum absolute atomic E-state index is 10.2. The van der Waals surface area contributed by atoms with Gasteiger partial charge in [-0.05, 0) is 19.4 Å². The van der Waals surface area contributed by atoms with Crippen LogP contribution in [0, 0.1) is 10.1 Å². The summed E-state index contributed by atoms with van der Waals surface area (Å²) in [4.78, 5) is 9.70. The highest BCUT2D eigenvalue weighted by Crippen LogP contribution is 1.97. The molecular weight excluding hydrogens is 196 g/mol. The quantitative estimate of drug-likeness (QED) is 0.294. The van der Waals surface area contributed by atoms with Gasteiger partial charge in [0.2, 0.25) is 0 Å². The molecule has 0 heterocycles. The Morgan fingerprint density at radius 2 is 2.07 bits per heavy atom. The minimum Gasteiger partial charge on any atom is -0.370 e. The Morgan fingerprint density at radius 3 is 2.60 bits per heavy atom. The van der Waals surface area contributed by atoms with Crippen LogP contribution in [0.25, 0.3) is 0 Å². The van der Waals surface area contributed by atoms with Gasteiger partial charge in [-0.1, -0.05) is 12.8 Å². The van der Waals surface area contributed by atoms with Crippen LogP contribution in [0.1, 0.15) is 25.7 Å². The van der Waals surface area contributed by atoms with Gasteiger partial charge < -0.3 is 16.4 Å². The maximum Gasteiger partial charge on any atom is 0.274 e. The highest BCUT2D eigenvalue weighted by Gasteiger charge is 1.98. The lowest BCUT2D eigenvalue weighted by atomic mass is 10.2. The lowest BCUT2D eigenvalue weighted by Crippen LogP contribution is -2.25. The van der Waals surface area contributed by atoms with E-state index in [0.717, 1.165) is 45.0 Å². The van der Waals surface area contributed by atoms with Crippen molar-refractivity contribution < 1.29 is 4.92 Å². The van der Waals surface area contributed by atoms with Gasteiger partial charge in [0.25, 0.3) is 6.20 Å². The maximum atomic E-state index is 10.2. The molecule has 0 amide bonds. The molecule has 0 bridgehead atoms. The van der Waals surface area contributed by atoms with Crippen molar-refractivity contribution in [2.24, 2.45) is 5.73 Å². The molecule has 0 aromatic heterocycles. The largest absolute Gasteiger partial charge is 0.370 e. The molecule has 6 heteroatoms. The van der Waals surface area contributed by atoms with Gasteiger partial charge in [-0.2, -0.15) is 0 Å². The molecule has 0 fully saturated rings. The first-order chi connectivity index (χ1) is 7.20. The van der Waals surface area contributed by atoms with Crippen molar-refractivity contribution >= 4 is 0 Å². The Hall–Kier alpha value is -1.30. The Labute approximate surface area is 90.1 Å². The van der Waals surface area contributed by atoms with E-state index in [9.17, 15) is 10.1 Å². The van der Waals surface area contributed by atoms with Crippen molar-refractivity contribution in [1.29, 1.82) is 0 Å². The monoisotopic (exact) mass is 216 g/mol. The van der Waals surface area contributed by atoms with Gasteiger partial charge in [-0.25, -0.2) is 0 Å². The van der Waals surface area contributed by atoms with E-state index in [1.807, 2.05) is 0 Å². The molecule has 0 aromatic carbocycles. The van der Waals surface area contributed by atoms with E-state index in [-0.39, 0.29) is 0 Å². The van der Waals surface area contributed by atoms with Crippen LogP contribution in [0.5, 0.6) is 0 Å². The lowest BCUT2D eigenvalue weighted by Gasteiger charge is -2.07. The lowest BCUT2D eigenvalue weighted by molar-refractivity contribution is -0.404. The van der Waals surface area contributed by atoms with E-state index in [2.05, 4.69) is 10.6 Å². The van der Waals surface area contributed by atoms with Crippen LogP contribution >= 0.6 is 0 Å². The summed E-state index contributed by atoms with van der Waals surface area (Å²) in [7, 11) is 1.65. The molecule has 6 nitrogen and oxygen atoms in total. The number of hydrogen-bond donors (Lipinski definition) is 3. The van der Waals surface area contributed by atoms with Crippen LogP contribution in [-0.2, 0) is 0 Å². The number of hydrogen-bond acceptors (Lipinski definition) is 5. The molecule has 0 saturated carbocycles. The van der Waals surface area contributed by atoms with Crippen LogP contribution in [0.15, 0.2) is 12.0 Å². The minimum atomic E-state index is -0.479. The molecule has 0 rings (SSSR count). The molecule has 0 aliphatic heterocycles. The van der Waals surface area contributed by atoms with Crippen LogP contribution in [0.2, 0.25) is 0 Å². The predicted octanol–water partition coefficient (Wildman–Crippen LogP) is 0.390. The van der Waals surface area contributed by atoms with Gasteiger partial charge in [0.05, 0.1) is 4.92 Å². The van der Waals surface area contributed by atoms with E-state index >= 15 is 0 Å². The van der Waals surface area contributed by atoms with Crippen molar-refractivity contribution in [3.63, 3.8) is 0 Å². The van der Waals surface area contributed by atoms with Gasteiger partial charge >= 0.3 is 0 Å². The number of rotatable bonds is 9. The summed E-state index contributed by atoms with van der Waals surface area (Å²) in [5, 5.41) is 15.9. The van der Waals surface area contributed by atoms with Crippen molar-refractivity contribution in [3.05, 3.63) is 22.1 Å². The SMILES string of the molecule is CNC(=C[N+](=O)[O-])NCCCCCCN. The number of nitrogens with two attached hydrogens (primary N) is 1. The van der Waals surface area contributed by atoms with E-state index in [1.54, 1.807) is 7.05 Å². The molecule has 0 saturated heterocycles. The summed E-state index contributed by atoms with van der Waals surface area (Å²) in [6.07, 6.45) is 5.19. The summed E-state index contributed by atoms with van der Waals surface area (Å²) in [6, 6.07) is 0. The third-order valence-corrected chi connectivity index (χ3v) is 1.95. The second-order valence-corrected chi connectivity index (χ2v) is 3.21. The third kappa shape index (κ3) is 9.01. The fraction of sp³-hybridized carbons (Fsp3) is 0.778. The van der Waals surface area contributed by atoms with Crippen molar-refractivity contribution in [1.82, 2.24) is 10.6 Å². The second-order valence-electron chi connectivity index (χ2n) is 3.21. The molecule has 0 aliphatic carbocycles. The van der Waals surface area contributed by atoms with Crippen molar-refractivity contribution in [2.45, 2.75) is 25.7 Å². The topological polar surface area (TPSA) is 93.2 Å². The molecular formula is C9H20N4O2. The average molecular weight is 216 g/mol. The van der Waals surface area contributed by atoms with Crippen LogP contribution in [-0.4, -0.2) is 25.1 Å². The molecule has 0 radical (unpaired) electrons. The first kappa shape index (κ1) is 13.7. The molecule has 0 spiro atoms. The fourth-order valence-corrected chi connectivity index (χ4v) is 1.15. The summed E-state index contributed by atoms with van der Waals surface area (Å²) in [6.45, 7) is 1.47. The fourth-order valence-electron chi connectivity index (χ4n) is 1.15. The van der Waals surface area contributed by atoms with Gasteiger partial charge in [0, 0.05) is 13.6 Å². The molecule has 15 heavy (non-hydrogen) atoms. The zero-order valence-corrected chi connectivity index (χ0v) is 9.16. The minimum absolute atomic E-state index is 0.443. The summed E-state index contributed by atoms with van der Waals surface area (Å²) in [5.41, 5.74) is 5.36. The van der Waals surface area contributed by atoms with E-state index < -0.39 is 4.92 Å². The van der Waals surface area contributed by atoms with E-state index in [0.29, 0.717) is 5.82 Å². The number of nitrogens with zero attached hydrogens (tertiary/aromatic N) is 1. The summed E-state index contributed by atoms with van der Waals surface area (Å²) < 4.78 is 0. The van der Waals surface area contributed by atoms with Gasteiger partial charge in [0.15, 0.2) is 5.82 Å². The molecule has 4 N–H and O–H groups in total. The number of unbranched alkanes of at least 4 members (excludes halogenated alkanes) is 3. The first-order valence-corrected chi connectivity index (χ1v) is 5.17. The second kappa shape index (κ2) is 9.26. The molecule has 0 unspecified atom stereocenters. The molecule has 0 aromatic rings. The Morgan fingerprint density at radius 1 is 1.40 bits per heavy atom. The smallest absolute Gasteiger partial charge is 0.274 e. The normalized spacial score (nSPS) is 11.2. The zero-order chi connectivity index (χ0) is 11.5. The van der Waals surface area contributed by atoms with Gasteiger partial charge in [0.1, 0.15) is 0 Å². The molecule has 0 aliphatic rings. The van der Waals surface area contributed by atoms with Gasteiger partial charge in [-0.3, -0.25) is 10.1 Å². The standard InChI is InChI=1S/C9H20N4O2/c1-11-9(8-13(14)15)12-7-5-3-2-4-6-10/h8,11-12H,2-7,10H2,1H3. The number of nitro groups is 1. The highest BCUT2D eigenvalue weighted by molar-refractivity contribution is 4.89. The highest BCUT2D eigenvalue weighted by atomic mass is 16.6. The van der Waals surface area contributed by atoms with Crippen molar-refractivity contribution in [2.75, 3.05) is 20.1 Å². The Kier molecular flexibility index (Phi) is 8.46. The first-order valence-electron chi connectivity index (χ1n) is 5.17. The molecule has 88 valence electrons. The van der Waals surface area contributed by atoms with Crippen molar-refractivity contribution in [3.8, 4) is 0 Å². The van der Waals surface area contributed by atoms with Crippen LogP contribution in [0.3, 0.4) is 0 Å². The number of nitrogens with one attached hydrogen (secondary N) is 2. The van der Waals surface area contributed by atoms with E-state index in [4.69, 9.17) is 5.73 Å².